The van der Waals surface area contributed by atoms with E-state index < -0.39 is 10.0 Å². The van der Waals surface area contributed by atoms with Crippen molar-refractivity contribution in [1.82, 2.24) is 5.32 Å². The number of piperidine rings is 1. The van der Waals surface area contributed by atoms with Gasteiger partial charge >= 0.3 is 0 Å². The summed E-state index contributed by atoms with van der Waals surface area (Å²) in [4.78, 5) is 2.26. The second kappa shape index (κ2) is 4.94. The molecule has 0 spiro atoms. The molecule has 0 aliphatic carbocycles. The number of anilines is 1. The lowest BCUT2D eigenvalue weighted by molar-refractivity contribution is 0.385. The van der Waals surface area contributed by atoms with Crippen molar-refractivity contribution in [2.75, 3.05) is 24.5 Å². The van der Waals surface area contributed by atoms with Gasteiger partial charge in [0.1, 0.15) is 11.2 Å². The zero-order chi connectivity index (χ0) is 13.3. The highest BCUT2D eigenvalue weighted by molar-refractivity contribution is 7.90. The van der Waals surface area contributed by atoms with Gasteiger partial charge in [0, 0.05) is 6.54 Å². The standard InChI is InChI=1S/C13H17N3O2S/c17-19(18)13-6-2-1-5-12(13)16(10-15-19)9-11-4-3-7-14-8-11/h1-2,5-6,10-11,14H,3-4,7-9H2. The van der Waals surface area contributed by atoms with Gasteiger partial charge in [-0.15, -0.1) is 4.40 Å². The molecule has 0 amide bonds. The molecule has 19 heavy (non-hydrogen) atoms. The summed E-state index contributed by atoms with van der Waals surface area (Å²) in [6.07, 6.45) is 3.80. The fraction of sp³-hybridized carbons (Fsp3) is 0.462. The fourth-order valence-corrected chi connectivity index (χ4v) is 3.71. The molecule has 0 aromatic heterocycles. The summed E-state index contributed by atoms with van der Waals surface area (Å²) in [5.74, 6) is 0.536. The van der Waals surface area contributed by atoms with Crippen LogP contribution in [-0.4, -0.2) is 34.4 Å². The number of benzene rings is 1. The van der Waals surface area contributed by atoms with Crippen LogP contribution in [0, 0.1) is 5.92 Å². The highest BCUT2D eigenvalue weighted by Crippen LogP contribution is 2.30. The number of hydrogen-bond acceptors (Lipinski definition) is 4. The average molecular weight is 279 g/mol. The first-order valence-electron chi connectivity index (χ1n) is 6.54. The van der Waals surface area contributed by atoms with Gasteiger partial charge in [-0.25, -0.2) is 0 Å². The molecule has 5 nitrogen and oxygen atoms in total. The smallest absolute Gasteiger partial charge is 0.285 e. The largest absolute Gasteiger partial charge is 0.330 e. The minimum Gasteiger partial charge on any atom is -0.330 e. The zero-order valence-electron chi connectivity index (χ0n) is 10.6. The molecule has 0 saturated carbocycles. The van der Waals surface area contributed by atoms with Crippen molar-refractivity contribution in [2.45, 2.75) is 17.7 Å². The number of fused-ring (bicyclic) bond motifs is 1. The van der Waals surface area contributed by atoms with Crippen molar-refractivity contribution in [3.63, 3.8) is 0 Å². The molecular weight excluding hydrogens is 262 g/mol. The predicted molar refractivity (Wildman–Crippen MR) is 75.1 cm³/mol. The third-order valence-electron chi connectivity index (χ3n) is 3.63. The van der Waals surface area contributed by atoms with Gasteiger partial charge in [-0.1, -0.05) is 12.1 Å². The van der Waals surface area contributed by atoms with E-state index in [1.54, 1.807) is 12.1 Å². The van der Waals surface area contributed by atoms with E-state index in [0.717, 1.165) is 25.3 Å². The van der Waals surface area contributed by atoms with Crippen LogP contribution in [0.25, 0.3) is 0 Å². The Labute approximate surface area is 113 Å². The average Bonchev–Trinajstić information content (AvgIpc) is 2.44. The van der Waals surface area contributed by atoms with Crippen molar-refractivity contribution in [3.8, 4) is 0 Å². The van der Waals surface area contributed by atoms with Crippen LogP contribution < -0.4 is 10.2 Å². The van der Waals surface area contributed by atoms with Crippen molar-refractivity contribution < 1.29 is 8.42 Å². The van der Waals surface area contributed by atoms with E-state index in [2.05, 4.69) is 9.71 Å². The molecule has 1 N–H and O–H groups in total. The van der Waals surface area contributed by atoms with E-state index in [1.165, 1.54) is 19.2 Å². The lowest BCUT2D eigenvalue weighted by Crippen LogP contribution is -2.39. The zero-order valence-corrected chi connectivity index (χ0v) is 11.4. The molecule has 1 saturated heterocycles. The summed E-state index contributed by atoms with van der Waals surface area (Å²) in [5, 5.41) is 3.38. The lowest BCUT2D eigenvalue weighted by atomic mass is 9.99. The van der Waals surface area contributed by atoms with Gasteiger partial charge < -0.3 is 10.2 Å². The molecule has 1 fully saturated rings. The molecule has 102 valence electrons. The summed E-state index contributed by atoms with van der Waals surface area (Å²) in [6, 6.07) is 7.05. The molecule has 2 aliphatic rings. The van der Waals surface area contributed by atoms with Crippen molar-refractivity contribution in [3.05, 3.63) is 24.3 Å². The monoisotopic (exact) mass is 279 g/mol. The van der Waals surface area contributed by atoms with E-state index in [-0.39, 0.29) is 0 Å². The number of nitrogens with zero attached hydrogens (tertiary/aromatic N) is 2. The number of sulfonamides is 1. The van der Waals surface area contributed by atoms with Gasteiger partial charge in [0.2, 0.25) is 0 Å². The van der Waals surface area contributed by atoms with Gasteiger partial charge in [0.15, 0.2) is 0 Å². The van der Waals surface area contributed by atoms with Crippen LogP contribution >= 0.6 is 0 Å². The van der Waals surface area contributed by atoms with E-state index in [4.69, 9.17) is 0 Å². The maximum atomic E-state index is 11.9. The van der Waals surface area contributed by atoms with Gasteiger partial charge in [-0.2, -0.15) is 8.42 Å². The fourth-order valence-electron chi connectivity index (χ4n) is 2.65. The van der Waals surface area contributed by atoms with Crippen LogP contribution in [0.5, 0.6) is 0 Å². The molecule has 1 aromatic carbocycles. The molecule has 0 bridgehead atoms. The maximum absolute atomic E-state index is 11.9. The van der Waals surface area contributed by atoms with Crippen LogP contribution in [0.2, 0.25) is 0 Å². The highest BCUT2D eigenvalue weighted by atomic mass is 32.2. The molecule has 3 rings (SSSR count). The first kappa shape index (κ1) is 12.6. The van der Waals surface area contributed by atoms with Gasteiger partial charge in [-0.3, -0.25) is 0 Å². The Bertz CT molecular complexity index is 592. The van der Waals surface area contributed by atoms with Gasteiger partial charge in [-0.05, 0) is 44.0 Å². The second-order valence-electron chi connectivity index (χ2n) is 5.03. The van der Waals surface area contributed by atoms with Crippen molar-refractivity contribution in [1.29, 1.82) is 0 Å². The quantitative estimate of drug-likeness (QED) is 0.884. The summed E-state index contributed by atoms with van der Waals surface area (Å²) in [7, 11) is -3.50. The van der Waals surface area contributed by atoms with Crippen LogP contribution in [-0.2, 0) is 10.0 Å². The van der Waals surface area contributed by atoms with Crippen LogP contribution in [0.4, 0.5) is 5.69 Å². The highest BCUT2D eigenvalue weighted by Gasteiger charge is 2.26. The number of nitrogens with one attached hydrogen (secondary N) is 1. The Balaban J connectivity index is 1.87. The topological polar surface area (TPSA) is 61.8 Å². The van der Waals surface area contributed by atoms with E-state index in [0.29, 0.717) is 10.8 Å². The third kappa shape index (κ3) is 2.50. The van der Waals surface area contributed by atoms with Crippen molar-refractivity contribution >= 4 is 22.0 Å². The van der Waals surface area contributed by atoms with E-state index >= 15 is 0 Å². The van der Waals surface area contributed by atoms with E-state index in [9.17, 15) is 8.42 Å². The molecule has 1 atom stereocenters. The Hall–Kier alpha value is -1.40. The predicted octanol–water partition coefficient (Wildman–Crippen LogP) is 1.22. The Morgan fingerprint density at radius 3 is 3.00 bits per heavy atom. The summed E-state index contributed by atoms with van der Waals surface area (Å²) in [6.45, 7) is 2.87. The first-order chi connectivity index (χ1) is 9.17. The number of rotatable bonds is 2. The summed E-state index contributed by atoms with van der Waals surface area (Å²) in [5.41, 5.74) is 0.739. The molecule has 2 aliphatic heterocycles. The summed E-state index contributed by atoms with van der Waals surface area (Å²) < 4.78 is 27.5. The minimum absolute atomic E-state index is 0.307. The second-order valence-corrected chi connectivity index (χ2v) is 6.63. The van der Waals surface area contributed by atoms with Gasteiger partial charge in [0.05, 0.1) is 5.69 Å². The maximum Gasteiger partial charge on any atom is 0.285 e. The van der Waals surface area contributed by atoms with Crippen LogP contribution in [0.3, 0.4) is 0 Å². The molecule has 1 unspecified atom stereocenters. The van der Waals surface area contributed by atoms with Gasteiger partial charge in [0.25, 0.3) is 10.0 Å². The molecule has 2 heterocycles. The van der Waals surface area contributed by atoms with E-state index in [1.807, 2.05) is 17.0 Å². The third-order valence-corrected chi connectivity index (χ3v) is 4.90. The molecule has 1 aromatic rings. The molecule has 6 heteroatoms. The number of hydrogen-bond donors (Lipinski definition) is 1. The minimum atomic E-state index is -3.50. The molecule has 0 radical (unpaired) electrons. The normalized spacial score (nSPS) is 25.1. The molecular formula is C13H17N3O2S. The Morgan fingerprint density at radius 1 is 1.37 bits per heavy atom. The summed E-state index contributed by atoms with van der Waals surface area (Å²) >= 11 is 0. The Kier molecular flexibility index (Phi) is 3.28. The first-order valence-corrected chi connectivity index (χ1v) is 7.98. The number of para-hydroxylation sites is 1. The van der Waals surface area contributed by atoms with Crippen molar-refractivity contribution in [2.24, 2.45) is 10.3 Å². The lowest BCUT2D eigenvalue weighted by Gasteiger charge is -2.31. The Morgan fingerprint density at radius 2 is 2.21 bits per heavy atom. The van der Waals surface area contributed by atoms with Crippen LogP contribution in [0.15, 0.2) is 33.6 Å². The van der Waals surface area contributed by atoms with Crippen LogP contribution in [0.1, 0.15) is 12.8 Å². The SMILES string of the molecule is O=S1(=O)N=CN(CC2CCCNC2)c2ccccc21.